The van der Waals surface area contributed by atoms with Crippen molar-refractivity contribution >= 4 is 85.3 Å². The monoisotopic (exact) mass is 1210 g/mol. The number of benzene rings is 8. The molecule has 8 aromatic carbocycles. The molecule has 1 atom stereocenters. The van der Waals surface area contributed by atoms with Crippen LogP contribution in [0.25, 0.3) is 0 Å². The number of aryl methyl sites for hydroxylation is 4. The molecule has 0 amide bonds. The Bertz CT molecular complexity index is 4300. The molecule has 0 radical (unpaired) electrons. The van der Waals surface area contributed by atoms with Crippen LogP contribution in [0, 0.1) is 77.7 Å². The van der Waals surface area contributed by atoms with Gasteiger partial charge in [0, 0.05) is 83.1 Å². The van der Waals surface area contributed by atoms with Gasteiger partial charge in [-0.1, -0.05) is 19.9 Å². The van der Waals surface area contributed by atoms with E-state index in [-0.39, 0.29) is 127 Å². The third-order valence-corrected chi connectivity index (χ3v) is 13.5. The van der Waals surface area contributed by atoms with Gasteiger partial charge in [-0.25, -0.2) is 0 Å². The minimum Gasteiger partial charge on any atom is -0.507 e. The van der Waals surface area contributed by atoms with E-state index in [0.717, 1.165) is 48.5 Å². The molecule has 0 aliphatic carbocycles. The zero-order valence-corrected chi connectivity index (χ0v) is 46.2. The molecule has 0 aliphatic rings. The molecule has 0 heterocycles. The number of phenols is 4. The molecular weight excluding hydrogens is 1170 g/mol. The number of nitro benzene ring substituents is 7. The zero-order valence-electron chi connectivity index (χ0n) is 46.2. The number of non-ortho nitro benzene ring substituents is 7. The number of azo groups is 4. The summed E-state index contributed by atoms with van der Waals surface area (Å²) in [5.41, 5.74) is -3.81. The van der Waals surface area contributed by atoms with Crippen LogP contribution < -0.4 is 0 Å². The van der Waals surface area contributed by atoms with E-state index >= 15 is 0 Å². The molecule has 33 heteroatoms. The fourth-order valence-electron chi connectivity index (χ4n) is 9.11. The Labute approximate surface area is 497 Å². The normalized spacial score (nSPS) is 11.9. The van der Waals surface area contributed by atoms with Crippen LogP contribution in [0.2, 0.25) is 0 Å². The summed E-state index contributed by atoms with van der Waals surface area (Å²) in [4.78, 5) is 75.7. The lowest BCUT2D eigenvalue weighted by molar-refractivity contribution is -0.394. The van der Waals surface area contributed by atoms with Gasteiger partial charge < -0.3 is 20.4 Å². The van der Waals surface area contributed by atoms with Gasteiger partial charge in [-0.05, 0) is 103 Å². The minimum absolute atomic E-state index is 0.0245. The molecule has 89 heavy (non-hydrogen) atoms. The summed E-state index contributed by atoms with van der Waals surface area (Å²) in [6.07, 6.45) is -0.498. The van der Waals surface area contributed by atoms with Crippen molar-refractivity contribution in [2.24, 2.45) is 40.9 Å². The van der Waals surface area contributed by atoms with Crippen LogP contribution in [-0.4, -0.2) is 54.9 Å². The summed E-state index contributed by atoms with van der Waals surface area (Å²) < 4.78 is 0. The maximum absolute atomic E-state index is 12.3. The highest BCUT2D eigenvalue weighted by molar-refractivity contribution is 5.64. The maximum atomic E-state index is 12.3. The van der Waals surface area contributed by atoms with Crippen molar-refractivity contribution < 1.29 is 54.9 Å². The van der Waals surface area contributed by atoms with Gasteiger partial charge in [0.05, 0.1) is 98.2 Å². The summed E-state index contributed by atoms with van der Waals surface area (Å²) in [6, 6.07) is 24.2. The SMILES string of the molecule is CCc1cc(N=Nc2cccc([N+](=O)[O-])c2)cc(C(C)c2cc(N=Nc3cc([N+](=O)[O-])cc([N+](=O)[O-])c3)cc(CCc3cc(N=Nc4cc([N+](=O)[O-])cc([N+](=O)[O-])c4)cc(Cc4cc(N=Nc5cc([N+](=O)[O-])cc([N+](=O)[O-])c5)cc(C)c4O)c3O)c2O)c1O. The average Bonchev–Trinajstić information content (AvgIpc) is 2.28. The Morgan fingerprint density at radius 3 is 1.02 bits per heavy atom. The van der Waals surface area contributed by atoms with Gasteiger partial charge in [-0.15, -0.1) is 0 Å². The van der Waals surface area contributed by atoms with E-state index < -0.39 is 86.0 Å². The third kappa shape index (κ3) is 14.9. The third-order valence-electron chi connectivity index (χ3n) is 13.5. The molecule has 4 N–H and O–H groups in total. The first-order chi connectivity index (χ1) is 42.2. The van der Waals surface area contributed by atoms with Crippen molar-refractivity contribution in [3.63, 3.8) is 0 Å². The Kier molecular flexibility index (Phi) is 18.4. The number of aromatic hydroxyl groups is 4. The summed E-state index contributed by atoms with van der Waals surface area (Å²) in [7, 11) is 0. The van der Waals surface area contributed by atoms with Crippen LogP contribution in [0.15, 0.2) is 168 Å². The largest absolute Gasteiger partial charge is 0.507 e. The van der Waals surface area contributed by atoms with Gasteiger partial charge in [0.2, 0.25) is 0 Å². The Hall–Kier alpha value is -12.8. The van der Waals surface area contributed by atoms with E-state index in [0.29, 0.717) is 11.6 Å². The molecule has 0 saturated carbocycles. The highest BCUT2D eigenvalue weighted by Gasteiger charge is 2.25. The molecular formula is C56H43N15O18. The van der Waals surface area contributed by atoms with Crippen molar-refractivity contribution in [1.82, 2.24) is 0 Å². The molecule has 0 fully saturated rings. The number of rotatable bonds is 23. The Balaban J connectivity index is 1.24. The first-order valence-electron chi connectivity index (χ1n) is 25.9. The van der Waals surface area contributed by atoms with E-state index in [2.05, 4.69) is 40.9 Å². The topological polar surface area (TPSA) is 482 Å². The predicted molar refractivity (Wildman–Crippen MR) is 313 cm³/mol. The Morgan fingerprint density at radius 1 is 0.348 bits per heavy atom. The molecule has 450 valence electrons. The van der Waals surface area contributed by atoms with Gasteiger partial charge in [0.1, 0.15) is 23.0 Å². The molecule has 8 aromatic rings. The molecule has 1 unspecified atom stereocenters. The van der Waals surface area contributed by atoms with Gasteiger partial charge in [0.25, 0.3) is 39.8 Å². The molecule has 0 bridgehead atoms. The predicted octanol–water partition coefficient (Wildman–Crippen LogP) is 15.9. The molecule has 0 saturated heterocycles. The molecule has 0 spiro atoms. The van der Waals surface area contributed by atoms with E-state index in [4.69, 9.17) is 0 Å². The maximum Gasteiger partial charge on any atom is 0.278 e. The molecule has 0 aliphatic heterocycles. The average molecular weight is 1210 g/mol. The smallest absolute Gasteiger partial charge is 0.278 e. The fourth-order valence-corrected chi connectivity index (χ4v) is 9.11. The highest BCUT2D eigenvalue weighted by Crippen LogP contribution is 2.45. The lowest BCUT2D eigenvalue weighted by Crippen LogP contribution is -2.02. The van der Waals surface area contributed by atoms with Crippen molar-refractivity contribution in [2.45, 2.75) is 52.4 Å². The van der Waals surface area contributed by atoms with E-state index in [1.165, 1.54) is 79.7 Å². The second-order valence-electron chi connectivity index (χ2n) is 19.5. The standard InChI is InChI=1S/C56H43N15O18/c1-4-31-12-39(60-57-36-6-5-7-44(17-36)65(76)77)24-51(55(31)74)30(3)52-25-40(61-64-43-22-49(70(86)87)28-50(23-43)71(88)89)14-33(56(52)75)9-8-32-13-38(59-63-42-20-47(68(82)83)27-48(21-42)69(84)85)16-35(54(32)73)11-34-15-37(10-29(2)53(34)72)58-62-41-18-45(66(78)79)26-46(19-41)67(80)81/h5-7,10,12-28,30,72-75H,4,8-9,11H2,1-3H3. The van der Waals surface area contributed by atoms with Crippen molar-refractivity contribution in [3.05, 3.63) is 243 Å². The lowest BCUT2D eigenvalue weighted by atomic mass is 9.87. The molecule has 33 nitrogen and oxygen atoms in total. The van der Waals surface area contributed by atoms with Crippen molar-refractivity contribution in [3.8, 4) is 23.0 Å². The lowest BCUT2D eigenvalue weighted by Gasteiger charge is -2.20. The van der Waals surface area contributed by atoms with Crippen LogP contribution in [0.5, 0.6) is 23.0 Å². The summed E-state index contributed by atoms with van der Waals surface area (Å²) >= 11 is 0. The minimum atomic E-state index is -0.967. The summed E-state index contributed by atoms with van der Waals surface area (Å²) in [5.74, 6) is -2.30. The first kappa shape index (κ1) is 62.2. The quantitative estimate of drug-likeness (QED) is 0.0262. The molecule has 0 aromatic heterocycles. The van der Waals surface area contributed by atoms with E-state index in [1.807, 2.05) is 0 Å². The molecule has 8 rings (SSSR count). The van der Waals surface area contributed by atoms with Crippen LogP contribution in [-0.2, 0) is 25.7 Å². The number of nitrogens with zero attached hydrogens (tertiary/aromatic N) is 15. The zero-order chi connectivity index (χ0) is 64.5. The number of hydrogen-bond donors (Lipinski definition) is 4. The Morgan fingerprint density at radius 2 is 0.640 bits per heavy atom. The van der Waals surface area contributed by atoms with Gasteiger partial charge in [0.15, 0.2) is 0 Å². The second kappa shape index (κ2) is 26.4. The number of nitro groups is 7. The number of hydrogen-bond acceptors (Lipinski definition) is 26. The van der Waals surface area contributed by atoms with Crippen LogP contribution in [0.1, 0.15) is 64.3 Å². The number of phenolic OH excluding ortho intramolecular Hbond substituents is 4. The van der Waals surface area contributed by atoms with Crippen LogP contribution in [0.3, 0.4) is 0 Å². The summed E-state index contributed by atoms with van der Waals surface area (Å²) in [6.45, 7) is 4.84. The van der Waals surface area contributed by atoms with E-state index in [1.54, 1.807) is 13.8 Å². The van der Waals surface area contributed by atoms with Crippen molar-refractivity contribution in [2.75, 3.05) is 0 Å². The summed E-state index contributed by atoms with van der Waals surface area (Å²) in [5, 5.41) is 162. The highest BCUT2D eigenvalue weighted by atomic mass is 16.7. The van der Waals surface area contributed by atoms with Crippen LogP contribution in [0.4, 0.5) is 85.3 Å². The van der Waals surface area contributed by atoms with Crippen molar-refractivity contribution in [1.29, 1.82) is 0 Å². The second-order valence-corrected chi connectivity index (χ2v) is 19.5. The van der Waals surface area contributed by atoms with Gasteiger partial charge in [-0.2, -0.15) is 40.9 Å². The van der Waals surface area contributed by atoms with Crippen LogP contribution >= 0.6 is 0 Å². The van der Waals surface area contributed by atoms with E-state index in [9.17, 15) is 91.2 Å². The fraction of sp³-hybridized carbons (Fsp3) is 0.143. The first-order valence-corrected chi connectivity index (χ1v) is 25.9. The van der Waals surface area contributed by atoms with Gasteiger partial charge in [-0.3, -0.25) is 70.8 Å². The van der Waals surface area contributed by atoms with Gasteiger partial charge >= 0.3 is 0 Å².